The van der Waals surface area contributed by atoms with Crippen LogP contribution in [0.3, 0.4) is 0 Å². The summed E-state index contributed by atoms with van der Waals surface area (Å²) in [5.74, 6) is -1.21. The molecule has 0 aromatic heterocycles. The largest absolute Gasteiger partial charge is 0.395 e. The smallest absolute Gasteiger partial charge is 0.214 e. The molecule has 1 N–H and O–H groups in total. The molecule has 1 spiro atoms. The molecule has 4 nitrogen and oxygen atoms in total. The number of nitriles is 1. The number of hydrogen-bond donors (Lipinski definition) is 1. The molecule has 1 saturated heterocycles. The molecule has 3 fully saturated rings. The Hall–Kier alpha value is -0.413. The van der Waals surface area contributed by atoms with Crippen LogP contribution in [0.5, 0.6) is 0 Å². The Morgan fingerprint density at radius 3 is 2.36 bits per heavy atom. The van der Waals surface area contributed by atoms with Crippen molar-refractivity contribution in [3.05, 3.63) is 0 Å². The molecular formula is C20H35NO3Si. The van der Waals surface area contributed by atoms with Crippen LogP contribution in [0.1, 0.15) is 73.1 Å². The summed E-state index contributed by atoms with van der Waals surface area (Å²) in [4.78, 5) is 0. The lowest BCUT2D eigenvalue weighted by molar-refractivity contribution is -0.298. The first kappa shape index (κ1) is 19.4. The molecule has 142 valence electrons. The number of aliphatic hydroxyl groups is 1. The van der Waals surface area contributed by atoms with E-state index in [2.05, 4.69) is 53.8 Å². The van der Waals surface area contributed by atoms with Crippen LogP contribution in [0.25, 0.3) is 0 Å². The van der Waals surface area contributed by atoms with Gasteiger partial charge in [0.05, 0.1) is 5.60 Å². The molecule has 2 saturated carbocycles. The Balaban J connectivity index is 2.08. The zero-order chi connectivity index (χ0) is 18.9. The second-order valence-electron chi connectivity index (χ2n) is 10.6. The van der Waals surface area contributed by atoms with Crippen LogP contribution >= 0.6 is 0 Å². The van der Waals surface area contributed by atoms with Gasteiger partial charge < -0.3 is 14.3 Å². The quantitative estimate of drug-likeness (QED) is 0.718. The topological polar surface area (TPSA) is 62.5 Å². The first-order chi connectivity index (χ1) is 11.3. The molecule has 1 heterocycles. The number of hydrogen-bond acceptors (Lipinski definition) is 4. The van der Waals surface area contributed by atoms with E-state index >= 15 is 0 Å². The van der Waals surface area contributed by atoms with Crippen LogP contribution in [-0.4, -0.2) is 30.4 Å². The van der Waals surface area contributed by atoms with Crippen molar-refractivity contribution in [2.45, 2.75) is 108 Å². The van der Waals surface area contributed by atoms with E-state index < -0.39 is 25.3 Å². The molecular weight excluding hydrogens is 330 g/mol. The van der Waals surface area contributed by atoms with E-state index in [9.17, 15) is 10.4 Å². The summed E-state index contributed by atoms with van der Waals surface area (Å²) in [6, 6.07) is 2.42. The SMILES string of the molecule is CC1(C)O[C@@]2(O)[C@]3(CCCC[C@@H]13)CC[C@]2(C#N)O[Si](C)(C)C(C)(C)C. The zero-order valence-electron chi connectivity index (χ0n) is 17.0. The predicted octanol–water partition coefficient (Wildman–Crippen LogP) is 4.74. The third-order valence-corrected chi connectivity index (χ3v) is 12.3. The molecule has 0 radical (unpaired) electrons. The third-order valence-electron chi connectivity index (χ3n) is 7.84. The number of rotatable bonds is 2. The molecule has 0 bridgehead atoms. The van der Waals surface area contributed by atoms with Gasteiger partial charge in [0.1, 0.15) is 6.07 Å². The van der Waals surface area contributed by atoms with Crippen LogP contribution in [0.4, 0.5) is 0 Å². The molecule has 25 heavy (non-hydrogen) atoms. The van der Waals surface area contributed by atoms with Crippen LogP contribution in [0.15, 0.2) is 0 Å². The number of nitrogens with zero attached hydrogens (tertiary/aromatic N) is 1. The second kappa shape index (κ2) is 5.31. The maximum atomic E-state index is 11.9. The van der Waals surface area contributed by atoms with Crippen molar-refractivity contribution >= 4 is 8.32 Å². The van der Waals surface area contributed by atoms with Crippen LogP contribution < -0.4 is 0 Å². The van der Waals surface area contributed by atoms with E-state index in [0.717, 1.165) is 25.7 Å². The van der Waals surface area contributed by atoms with Crippen LogP contribution in [0.2, 0.25) is 18.1 Å². The molecule has 3 rings (SSSR count). The molecule has 2 aliphatic carbocycles. The summed E-state index contributed by atoms with van der Waals surface area (Å²) < 4.78 is 13.1. The van der Waals surface area contributed by atoms with Gasteiger partial charge >= 0.3 is 0 Å². The van der Waals surface area contributed by atoms with Gasteiger partial charge in [-0.15, -0.1) is 0 Å². The fraction of sp³-hybridized carbons (Fsp3) is 0.950. The van der Waals surface area contributed by atoms with Gasteiger partial charge in [0, 0.05) is 5.41 Å². The Morgan fingerprint density at radius 2 is 1.80 bits per heavy atom. The van der Waals surface area contributed by atoms with Gasteiger partial charge in [-0.1, -0.05) is 33.6 Å². The Labute approximate surface area is 154 Å². The molecule has 1 aliphatic heterocycles. The maximum absolute atomic E-state index is 11.9. The zero-order valence-corrected chi connectivity index (χ0v) is 18.0. The molecule has 0 aromatic carbocycles. The summed E-state index contributed by atoms with van der Waals surface area (Å²) in [5.41, 5.74) is -2.01. The lowest BCUT2D eigenvalue weighted by Gasteiger charge is -2.49. The van der Waals surface area contributed by atoms with E-state index in [1.165, 1.54) is 6.42 Å². The summed E-state index contributed by atoms with van der Waals surface area (Å²) in [6.07, 6.45) is 5.66. The standard InChI is InChI=1S/C20H35NO3Si/c1-16(2,3)25(6,7)24-19(14-21)13-12-18-11-9-8-10-15(18)17(4,5)23-20(18,19)22/h15,22H,8-13H2,1-7H3/t15-,18+,19+,20-/m0/s1. The van der Waals surface area contributed by atoms with Gasteiger partial charge in [-0.3, -0.25) is 0 Å². The van der Waals surface area contributed by atoms with Gasteiger partial charge in [-0.2, -0.15) is 5.26 Å². The molecule has 5 heteroatoms. The van der Waals surface area contributed by atoms with Crippen molar-refractivity contribution in [1.82, 2.24) is 0 Å². The van der Waals surface area contributed by atoms with Crippen molar-refractivity contribution in [3.8, 4) is 6.07 Å². The third kappa shape index (κ3) is 2.34. The van der Waals surface area contributed by atoms with Crippen LogP contribution in [-0.2, 0) is 9.16 Å². The molecule has 0 unspecified atom stereocenters. The summed E-state index contributed by atoms with van der Waals surface area (Å²) >= 11 is 0. The average Bonchev–Trinajstić information content (AvgIpc) is 2.80. The summed E-state index contributed by atoms with van der Waals surface area (Å²) in [7, 11) is -2.24. The molecule has 0 amide bonds. The lowest BCUT2D eigenvalue weighted by atomic mass is 9.60. The summed E-state index contributed by atoms with van der Waals surface area (Å²) in [6.45, 7) is 15.0. The maximum Gasteiger partial charge on any atom is 0.214 e. The molecule has 3 aliphatic rings. The van der Waals surface area contributed by atoms with Gasteiger partial charge in [0.15, 0.2) is 13.9 Å². The van der Waals surface area contributed by atoms with Crippen molar-refractivity contribution in [2.75, 3.05) is 0 Å². The van der Waals surface area contributed by atoms with Gasteiger partial charge in [0.25, 0.3) is 0 Å². The highest BCUT2D eigenvalue weighted by Crippen LogP contribution is 2.71. The highest BCUT2D eigenvalue weighted by molar-refractivity contribution is 6.74. The van der Waals surface area contributed by atoms with Crippen molar-refractivity contribution < 1.29 is 14.3 Å². The van der Waals surface area contributed by atoms with Gasteiger partial charge in [-0.05, 0) is 63.6 Å². The fourth-order valence-corrected chi connectivity index (χ4v) is 7.06. The minimum Gasteiger partial charge on any atom is -0.395 e. The minimum atomic E-state index is -2.24. The second-order valence-corrected chi connectivity index (χ2v) is 15.3. The van der Waals surface area contributed by atoms with Gasteiger partial charge in [0.2, 0.25) is 5.79 Å². The first-order valence-electron chi connectivity index (χ1n) is 9.81. The van der Waals surface area contributed by atoms with Gasteiger partial charge in [-0.25, -0.2) is 0 Å². The molecule has 0 aromatic rings. The van der Waals surface area contributed by atoms with E-state index in [1.54, 1.807) is 0 Å². The Kier molecular flexibility index (Phi) is 4.11. The van der Waals surface area contributed by atoms with Crippen LogP contribution in [0, 0.1) is 22.7 Å². The summed E-state index contributed by atoms with van der Waals surface area (Å²) in [5, 5.41) is 22.1. The normalized spacial score (nSPS) is 43.4. The predicted molar refractivity (Wildman–Crippen MR) is 100 cm³/mol. The van der Waals surface area contributed by atoms with Crippen molar-refractivity contribution in [2.24, 2.45) is 11.3 Å². The van der Waals surface area contributed by atoms with E-state index in [-0.39, 0.29) is 16.4 Å². The van der Waals surface area contributed by atoms with Crippen molar-refractivity contribution in [1.29, 1.82) is 5.26 Å². The average molecular weight is 366 g/mol. The highest BCUT2D eigenvalue weighted by Gasteiger charge is 2.79. The van der Waals surface area contributed by atoms with E-state index in [0.29, 0.717) is 6.42 Å². The Morgan fingerprint density at radius 1 is 1.16 bits per heavy atom. The minimum absolute atomic E-state index is 0.0248. The Bertz CT molecular complexity index is 605. The van der Waals surface area contributed by atoms with E-state index in [1.807, 2.05) is 0 Å². The lowest BCUT2D eigenvalue weighted by Crippen LogP contribution is -2.63. The monoisotopic (exact) mass is 365 g/mol. The highest BCUT2D eigenvalue weighted by atomic mass is 28.4. The van der Waals surface area contributed by atoms with Crippen molar-refractivity contribution in [3.63, 3.8) is 0 Å². The van der Waals surface area contributed by atoms with E-state index in [4.69, 9.17) is 9.16 Å². The fourth-order valence-electron chi connectivity index (χ4n) is 5.60. The molecule has 4 atom stereocenters. The first-order valence-corrected chi connectivity index (χ1v) is 12.7. The number of ether oxygens (including phenoxy) is 1.